The lowest BCUT2D eigenvalue weighted by Gasteiger charge is -2.34. The summed E-state index contributed by atoms with van der Waals surface area (Å²) in [6.07, 6.45) is 3.98. The molecule has 1 fully saturated rings. The number of nitrogens with two attached hydrogens (primary N) is 2. The molecule has 13 nitrogen and oxygen atoms in total. The first kappa shape index (κ1) is 27.8. The molecule has 44 heavy (non-hydrogen) atoms. The van der Waals surface area contributed by atoms with E-state index in [2.05, 4.69) is 43.4 Å². The van der Waals surface area contributed by atoms with Crippen molar-refractivity contribution in [3.8, 4) is 11.3 Å². The van der Waals surface area contributed by atoms with Gasteiger partial charge in [0.1, 0.15) is 23.4 Å². The number of nitrogens with zero attached hydrogens (tertiary/aromatic N) is 7. The zero-order valence-electron chi connectivity index (χ0n) is 24.5. The van der Waals surface area contributed by atoms with Crippen LogP contribution in [0.1, 0.15) is 36.5 Å². The first-order valence-corrected chi connectivity index (χ1v) is 14.8. The van der Waals surface area contributed by atoms with Crippen molar-refractivity contribution in [3.05, 3.63) is 59.4 Å². The molecule has 0 aliphatic carbocycles. The molecule has 226 valence electrons. The minimum atomic E-state index is 0.00343. The van der Waals surface area contributed by atoms with Gasteiger partial charge < -0.3 is 26.1 Å². The van der Waals surface area contributed by atoms with Crippen molar-refractivity contribution in [2.45, 2.75) is 45.3 Å². The molecule has 0 radical (unpaired) electrons. The second-order valence-corrected chi connectivity index (χ2v) is 11.6. The van der Waals surface area contributed by atoms with Gasteiger partial charge in [-0.25, -0.2) is 14.6 Å². The Bertz CT molecular complexity index is 1890. The Hall–Kier alpha value is -5.04. The number of benzene rings is 2. The Morgan fingerprint density at radius 1 is 1.05 bits per heavy atom. The third kappa shape index (κ3) is 5.41. The maximum Gasteiger partial charge on any atom is 0.292 e. The molecular formula is C31H34N10O3. The van der Waals surface area contributed by atoms with Crippen molar-refractivity contribution < 1.29 is 14.0 Å². The predicted octanol–water partition coefficient (Wildman–Crippen LogP) is 2.33. The molecule has 0 spiro atoms. The van der Waals surface area contributed by atoms with Crippen LogP contribution in [0.25, 0.3) is 33.4 Å². The van der Waals surface area contributed by atoms with Gasteiger partial charge in [-0.15, -0.1) is 0 Å². The fraction of sp³-hybridized carbons (Fsp3) is 0.355. The zero-order valence-corrected chi connectivity index (χ0v) is 24.5. The van der Waals surface area contributed by atoms with Gasteiger partial charge in [0.25, 0.3) is 6.01 Å². The first-order valence-electron chi connectivity index (χ1n) is 14.8. The van der Waals surface area contributed by atoms with Gasteiger partial charge in [0.15, 0.2) is 11.2 Å². The summed E-state index contributed by atoms with van der Waals surface area (Å²) in [4.78, 5) is 41.6. The molecule has 5 aromatic rings. The number of anilines is 2. The largest absolute Gasteiger partial charge is 0.424 e. The molecular weight excluding hydrogens is 560 g/mol. The number of nitrogens with one attached hydrogen (secondary N) is 1. The van der Waals surface area contributed by atoms with Crippen LogP contribution in [0.2, 0.25) is 0 Å². The number of hydrogen-bond acceptors (Lipinski definition) is 10. The van der Waals surface area contributed by atoms with Crippen LogP contribution in [0.5, 0.6) is 0 Å². The number of rotatable bonds is 6. The van der Waals surface area contributed by atoms with Gasteiger partial charge >= 0.3 is 0 Å². The highest BCUT2D eigenvalue weighted by Gasteiger charge is 2.26. The molecule has 1 saturated heterocycles. The van der Waals surface area contributed by atoms with Crippen molar-refractivity contribution in [1.29, 1.82) is 0 Å². The van der Waals surface area contributed by atoms with E-state index < -0.39 is 0 Å². The van der Waals surface area contributed by atoms with Crippen LogP contribution in [0.4, 0.5) is 11.8 Å². The average Bonchev–Trinajstić information content (AvgIpc) is 3.57. The normalized spacial score (nSPS) is 16.0. The molecule has 5 heterocycles. The summed E-state index contributed by atoms with van der Waals surface area (Å²) < 4.78 is 7.27. The van der Waals surface area contributed by atoms with Crippen molar-refractivity contribution >= 4 is 45.8 Å². The van der Waals surface area contributed by atoms with Gasteiger partial charge in [0.2, 0.25) is 11.8 Å². The number of hydrogen-bond donors (Lipinski definition) is 3. The number of nitrogen functional groups attached to an aromatic ring is 2. The minimum absolute atomic E-state index is 0.00343. The topological polar surface area (TPSA) is 174 Å². The summed E-state index contributed by atoms with van der Waals surface area (Å²) in [6.45, 7) is 5.37. The van der Waals surface area contributed by atoms with Gasteiger partial charge in [-0.1, -0.05) is 18.2 Å². The fourth-order valence-electron chi connectivity index (χ4n) is 6.34. The molecule has 7 rings (SSSR count). The van der Waals surface area contributed by atoms with E-state index in [0.29, 0.717) is 59.8 Å². The first-order chi connectivity index (χ1) is 21.3. The average molecular weight is 595 g/mol. The van der Waals surface area contributed by atoms with Gasteiger partial charge in [0.05, 0.1) is 18.5 Å². The van der Waals surface area contributed by atoms with E-state index in [-0.39, 0.29) is 23.9 Å². The van der Waals surface area contributed by atoms with Crippen molar-refractivity contribution in [2.24, 2.45) is 0 Å². The molecule has 5 N–H and O–H groups in total. The lowest BCUT2D eigenvalue weighted by atomic mass is 9.97. The van der Waals surface area contributed by atoms with E-state index in [0.717, 1.165) is 49.0 Å². The number of amides is 2. The Morgan fingerprint density at radius 2 is 1.89 bits per heavy atom. The Labute approximate surface area is 253 Å². The van der Waals surface area contributed by atoms with Crippen LogP contribution in [0.15, 0.2) is 47.1 Å². The third-order valence-electron chi connectivity index (χ3n) is 8.56. The van der Waals surface area contributed by atoms with E-state index in [9.17, 15) is 9.59 Å². The Kier molecular flexibility index (Phi) is 7.09. The van der Waals surface area contributed by atoms with Gasteiger partial charge in [0, 0.05) is 44.7 Å². The summed E-state index contributed by atoms with van der Waals surface area (Å²) in [6, 6.07) is 12.3. The third-order valence-corrected chi connectivity index (χ3v) is 8.56. The van der Waals surface area contributed by atoms with E-state index >= 15 is 0 Å². The molecule has 2 aromatic carbocycles. The van der Waals surface area contributed by atoms with Crippen LogP contribution >= 0.6 is 0 Å². The van der Waals surface area contributed by atoms with Crippen molar-refractivity contribution in [3.63, 3.8) is 0 Å². The minimum Gasteiger partial charge on any atom is -0.424 e. The summed E-state index contributed by atoms with van der Waals surface area (Å²) in [5.41, 5.74) is 18.9. The number of likely N-dealkylation sites (tertiary alicyclic amines) is 1. The molecule has 0 bridgehead atoms. The zero-order chi connectivity index (χ0) is 30.4. The predicted molar refractivity (Wildman–Crippen MR) is 165 cm³/mol. The van der Waals surface area contributed by atoms with Crippen LogP contribution in [-0.4, -0.2) is 78.6 Å². The van der Waals surface area contributed by atoms with E-state index in [1.54, 1.807) is 6.92 Å². The summed E-state index contributed by atoms with van der Waals surface area (Å²) in [7, 11) is 0. The number of aromatic nitrogens is 5. The molecule has 2 aliphatic rings. The van der Waals surface area contributed by atoms with Crippen molar-refractivity contribution in [2.75, 3.05) is 37.6 Å². The van der Waals surface area contributed by atoms with E-state index in [1.165, 1.54) is 11.9 Å². The Morgan fingerprint density at radius 3 is 2.70 bits per heavy atom. The molecule has 3 aromatic heterocycles. The van der Waals surface area contributed by atoms with Crippen LogP contribution in [0, 0.1) is 0 Å². The molecule has 13 heteroatoms. The van der Waals surface area contributed by atoms with E-state index in [4.69, 9.17) is 21.0 Å². The molecule has 0 unspecified atom stereocenters. The maximum absolute atomic E-state index is 13.2. The summed E-state index contributed by atoms with van der Waals surface area (Å²) in [5, 5.41) is 8.58. The standard InChI is InChI=1S/C31H34N10O3/c1-18(42)36-23-7-9-39(10-8-23)16-26(43)40-11-6-20-12-19(2-3-22(20)15-40)14-41-30-27(29(32)34-17-35-30)28(38-41)21-4-5-25-24(13-21)37-31(33)44-25/h2-5,12-13,17,23H,6-11,14-16H2,1H3,(H2,33,37)(H,36,42)(H2,32,34,35). The smallest absolute Gasteiger partial charge is 0.292 e. The number of carbonyl (C=O) groups excluding carboxylic acids is 2. The highest BCUT2D eigenvalue weighted by Crippen LogP contribution is 2.33. The lowest BCUT2D eigenvalue weighted by molar-refractivity contribution is -0.133. The van der Waals surface area contributed by atoms with Crippen LogP contribution < -0.4 is 16.8 Å². The molecule has 0 atom stereocenters. The number of piperidine rings is 1. The van der Waals surface area contributed by atoms with Crippen LogP contribution in [-0.2, 0) is 29.1 Å². The fourth-order valence-corrected chi connectivity index (χ4v) is 6.34. The summed E-state index contributed by atoms with van der Waals surface area (Å²) in [5.74, 6) is 0.504. The summed E-state index contributed by atoms with van der Waals surface area (Å²) >= 11 is 0. The molecule has 2 amide bonds. The lowest BCUT2D eigenvalue weighted by Crippen LogP contribution is -2.48. The van der Waals surface area contributed by atoms with E-state index in [1.807, 2.05) is 27.8 Å². The second kappa shape index (κ2) is 11.2. The Balaban J connectivity index is 1.06. The monoisotopic (exact) mass is 594 g/mol. The maximum atomic E-state index is 13.2. The van der Waals surface area contributed by atoms with Crippen LogP contribution in [0.3, 0.4) is 0 Å². The van der Waals surface area contributed by atoms with Gasteiger partial charge in [-0.2, -0.15) is 10.1 Å². The number of oxazole rings is 1. The highest BCUT2D eigenvalue weighted by atomic mass is 16.4. The highest BCUT2D eigenvalue weighted by molar-refractivity contribution is 5.99. The van der Waals surface area contributed by atoms with Gasteiger partial charge in [-0.3, -0.25) is 14.5 Å². The molecule has 2 aliphatic heterocycles. The number of fused-ring (bicyclic) bond motifs is 3. The quantitative estimate of drug-likeness (QED) is 0.265. The number of carbonyl (C=O) groups is 2. The van der Waals surface area contributed by atoms with Gasteiger partial charge in [-0.05, 0) is 54.2 Å². The molecule has 0 saturated carbocycles. The SMILES string of the molecule is CC(=O)NC1CCN(CC(=O)N2CCc3cc(Cn4nc(-c5ccc6oc(N)nc6c5)c5c(N)ncnc54)ccc3C2)CC1. The van der Waals surface area contributed by atoms with Crippen molar-refractivity contribution in [1.82, 2.24) is 39.8 Å². The second-order valence-electron chi connectivity index (χ2n) is 11.6.